The third-order valence-corrected chi connectivity index (χ3v) is 5.06. The van der Waals surface area contributed by atoms with Crippen molar-refractivity contribution < 1.29 is 4.74 Å². The Hall–Kier alpha value is -3.14. The highest BCUT2D eigenvalue weighted by Crippen LogP contribution is 2.34. The maximum Gasteiger partial charge on any atom is 0.118 e. The van der Waals surface area contributed by atoms with Gasteiger partial charge in [0.25, 0.3) is 0 Å². The molecule has 0 aliphatic carbocycles. The van der Waals surface area contributed by atoms with E-state index in [0.717, 1.165) is 22.3 Å². The van der Waals surface area contributed by atoms with Crippen LogP contribution >= 0.6 is 0 Å². The van der Waals surface area contributed by atoms with E-state index in [-0.39, 0.29) is 6.04 Å². The highest BCUT2D eigenvalue weighted by molar-refractivity contribution is 5.74. The van der Waals surface area contributed by atoms with Crippen LogP contribution in [0.25, 0.3) is 11.0 Å². The van der Waals surface area contributed by atoms with Crippen LogP contribution in [0.1, 0.15) is 33.9 Å². The fourth-order valence-corrected chi connectivity index (χ4v) is 3.92. The molecule has 1 atom stereocenters. The lowest BCUT2D eigenvalue weighted by Gasteiger charge is -2.24. The SMILES string of the molecule is COc1ccc(C(c2c(C)cc(C)cc2C)n2nnc3ccccc32)cc1. The first kappa shape index (κ1) is 17.3. The smallest absolute Gasteiger partial charge is 0.118 e. The van der Waals surface area contributed by atoms with E-state index in [1.807, 2.05) is 35.0 Å². The quantitative estimate of drug-likeness (QED) is 0.516. The molecule has 0 N–H and O–H groups in total. The molecule has 0 saturated carbocycles. The van der Waals surface area contributed by atoms with Crippen molar-refractivity contribution in [2.75, 3.05) is 7.11 Å². The molecule has 1 aromatic heterocycles. The van der Waals surface area contributed by atoms with Gasteiger partial charge >= 0.3 is 0 Å². The van der Waals surface area contributed by atoms with Gasteiger partial charge in [0.15, 0.2) is 0 Å². The number of hydrogen-bond donors (Lipinski definition) is 0. The molecule has 1 heterocycles. The van der Waals surface area contributed by atoms with Crippen molar-refractivity contribution in [3.63, 3.8) is 0 Å². The van der Waals surface area contributed by atoms with Crippen LogP contribution in [0.2, 0.25) is 0 Å². The molecule has 0 aliphatic rings. The zero-order valence-corrected chi connectivity index (χ0v) is 16.1. The van der Waals surface area contributed by atoms with E-state index in [0.29, 0.717) is 0 Å². The lowest BCUT2D eigenvalue weighted by Crippen LogP contribution is -2.16. The number of hydrogen-bond acceptors (Lipinski definition) is 3. The summed E-state index contributed by atoms with van der Waals surface area (Å²) in [5.74, 6) is 0.846. The molecule has 4 heteroatoms. The highest BCUT2D eigenvalue weighted by Gasteiger charge is 2.23. The molecule has 4 rings (SSSR count). The number of ether oxygens (including phenoxy) is 1. The Labute approximate surface area is 159 Å². The highest BCUT2D eigenvalue weighted by atomic mass is 16.5. The molecular weight excluding hydrogens is 334 g/mol. The Morgan fingerprint density at radius 2 is 1.56 bits per heavy atom. The molecule has 0 spiro atoms. The minimum absolute atomic E-state index is 0.0519. The van der Waals surface area contributed by atoms with E-state index in [1.54, 1.807) is 7.11 Å². The Bertz CT molecular complexity index is 1070. The van der Waals surface area contributed by atoms with Crippen molar-refractivity contribution in [2.24, 2.45) is 0 Å². The normalized spacial score (nSPS) is 12.3. The fraction of sp³-hybridized carbons (Fsp3) is 0.217. The summed E-state index contributed by atoms with van der Waals surface area (Å²) in [6.07, 6.45) is 0. The number of aryl methyl sites for hydroxylation is 3. The molecule has 0 aliphatic heterocycles. The van der Waals surface area contributed by atoms with Gasteiger partial charge in [0, 0.05) is 0 Å². The van der Waals surface area contributed by atoms with Gasteiger partial charge in [0.1, 0.15) is 17.3 Å². The number of nitrogens with zero attached hydrogens (tertiary/aromatic N) is 3. The topological polar surface area (TPSA) is 39.9 Å². The van der Waals surface area contributed by atoms with Crippen molar-refractivity contribution in [1.29, 1.82) is 0 Å². The van der Waals surface area contributed by atoms with Gasteiger partial charge in [-0.25, -0.2) is 4.68 Å². The van der Waals surface area contributed by atoms with Crippen LogP contribution in [0.5, 0.6) is 5.75 Å². The molecule has 0 fully saturated rings. The van der Waals surface area contributed by atoms with Crippen LogP contribution in [0, 0.1) is 20.8 Å². The number of fused-ring (bicyclic) bond motifs is 1. The van der Waals surface area contributed by atoms with Crippen LogP contribution in [-0.2, 0) is 0 Å². The third kappa shape index (κ3) is 3.08. The van der Waals surface area contributed by atoms with Crippen molar-refractivity contribution in [3.05, 3.63) is 88.5 Å². The maximum atomic E-state index is 5.34. The minimum atomic E-state index is -0.0519. The van der Waals surface area contributed by atoms with E-state index >= 15 is 0 Å². The van der Waals surface area contributed by atoms with Gasteiger partial charge in [-0.1, -0.05) is 47.2 Å². The standard InChI is InChI=1S/C23H23N3O/c1-15-13-16(2)22(17(3)14-15)23(18-9-11-19(27-4)12-10-18)26-21-8-6-5-7-20(21)24-25-26/h5-14,23H,1-4H3. The van der Waals surface area contributed by atoms with Gasteiger partial charge in [-0.05, 0) is 67.3 Å². The predicted octanol–water partition coefficient (Wildman–Crippen LogP) is 5.00. The Kier molecular flexibility index (Phi) is 4.40. The van der Waals surface area contributed by atoms with E-state index in [1.165, 1.54) is 22.3 Å². The minimum Gasteiger partial charge on any atom is -0.497 e. The summed E-state index contributed by atoms with van der Waals surface area (Å²) < 4.78 is 7.37. The summed E-state index contributed by atoms with van der Waals surface area (Å²) in [5, 5.41) is 8.92. The van der Waals surface area contributed by atoms with Gasteiger partial charge < -0.3 is 4.74 Å². The summed E-state index contributed by atoms with van der Waals surface area (Å²) >= 11 is 0. The summed E-state index contributed by atoms with van der Waals surface area (Å²) in [4.78, 5) is 0. The van der Waals surface area contributed by atoms with Gasteiger partial charge in [-0.3, -0.25) is 0 Å². The summed E-state index contributed by atoms with van der Waals surface area (Å²) in [7, 11) is 1.69. The molecule has 0 bridgehead atoms. The molecule has 4 nitrogen and oxygen atoms in total. The largest absolute Gasteiger partial charge is 0.497 e. The number of rotatable bonds is 4. The van der Waals surface area contributed by atoms with Crippen molar-refractivity contribution >= 4 is 11.0 Å². The molecule has 0 saturated heterocycles. The Morgan fingerprint density at radius 1 is 0.889 bits per heavy atom. The van der Waals surface area contributed by atoms with Crippen molar-refractivity contribution in [2.45, 2.75) is 26.8 Å². The second-order valence-corrected chi connectivity index (χ2v) is 7.01. The van der Waals surface area contributed by atoms with E-state index in [4.69, 9.17) is 4.74 Å². The molecule has 3 aromatic carbocycles. The van der Waals surface area contributed by atoms with E-state index in [2.05, 4.69) is 61.4 Å². The van der Waals surface area contributed by atoms with Gasteiger partial charge in [0.2, 0.25) is 0 Å². The molecule has 0 radical (unpaired) electrons. The summed E-state index contributed by atoms with van der Waals surface area (Å²) in [5.41, 5.74) is 8.13. The second-order valence-electron chi connectivity index (χ2n) is 7.01. The molecular formula is C23H23N3O. The number of aromatic nitrogens is 3. The average Bonchev–Trinajstić information content (AvgIpc) is 3.08. The number of para-hydroxylation sites is 1. The van der Waals surface area contributed by atoms with Gasteiger partial charge in [-0.2, -0.15) is 0 Å². The third-order valence-electron chi connectivity index (χ3n) is 5.06. The fourth-order valence-electron chi connectivity index (χ4n) is 3.92. The monoisotopic (exact) mass is 357 g/mol. The zero-order valence-electron chi connectivity index (χ0n) is 16.1. The molecule has 136 valence electrons. The molecule has 1 unspecified atom stereocenters. The first-order valence-corrected chi connectivity index (χ1v) is 9.10. The van der Waals surface area contributed by atoms with Crippen LogP contribution < -0.4 is 4.74 Å². The molecule has 0 amide bonds. The first-order chi connectivity index (χ1) is 13.1. The number of benzene rings is 3. The summed E-state index contributed by atoms with van der Waals surface area (Å²) in [6, 6.07) is 20.7. The first-order valence-electron chi connectivity index (χ1n) is 9.10. The van der Waals surface area contributed by atoms with Gasteiger partial charge in [0.05, 0.1) is 12.6 Å². The van der Waals surface area contributed by atoms with Gasteiger partial charge in [-0.15, -0.1) is 5.10 Å². The van der Waals surface area contributed by atoms with E-state index < -0.39 is 0 Å². The van der Waals surface area contributed by atoms with Crippen LogP contribution in [0.4, 0.5) is 0 Å². The Morgan fingerprint density at radius 3 is 2.22 bits per heavy atom. The van der Waals surface area contributed by atoms with Crippen molar-refractivity contribution in [3.8, 4) is 5.75 Å². The second kappa shape index (κ2) is 6.88. The average molecular weight is 357 g/mol. The van der Waals surface area contributed by atoms with Crippen LogP contribution in [0.15, 0.2) is 60.7 Å². The van der Waals surface area contributed by atoms with Crippen LogP contribution in [0.3, 0.4) is 0 Å². The molecule has 4 aromatic rings. The van der Waals surface area contributed by atoms with E-state index in [9.17, 15) is 0 Å². The van der Waals surface area contributed by atoms with Crippen LogP contribution in [-0.4, -0.2) is 22.1 Å². The predicted molar refractivity (Wildman–Crippen MR) is 108 cm³/mol. The Balaban J connectivity index is 1.98. The maximum absolute atomic E-state index is 5.34. The lowest BCUT2D eigenvalue weighted by atomic mass is 9.90. The van der Waals surface area contributed by atoms with Crippen molar-refractivity contribution in [1.82, 2.24) is 15.0 Å². The lowest BCUT2D eigenvalue weighted by molar-refractivity contribution is 0.414. The zero-order chi connectivity index (χ0) is 19.0. The summed E-state index contributed by atoms with van der Waals surface area (Å²) in [6.45, 7) is 6.48. The number of methoxy groups -OCH3 is 1. The molecule has 27 heavy (non-hydrogen) atoms.